The van der Waals surface area contributed by atoms with Crippen LogP contribution >= 0.6 is 0 Å². The number of aryl methyl sites for hydroxylation is 1. The maximum atomic E-state index is 5.86. The Morgan fingerprint density at radius 3 is 2.10 bits per heavy atom. The van der Waals surface area contributed by atoms with Gasteiger partial charge in [-0.1, -0.05) is 6.07 Å². The molecule has 0 aromatic heterocycles. The second-order valence-electron chi connectivity index (χ2n) is 4.45. The first kappa shape index (κ1) is 14.1. The van der Waals surface area contributed by atoms with E-state index in [0.717, 1.165) is 22.4 Å². The molecule has 0 amide bonds. The third kappa shape index (κ3) is 2.37. The van der Waals surface area contributed by atoms with Crippen molar-refractivity contribution in [1.82, 2.24) is 0 Å². The first-order chi connectivity index (χ1) is 9.62. The second-order valence-corrected chi connectivity index (χ2v) is 4.45. The van der Waals surface area contributed by atoms with Crippen LogP contribution < -0.4 is 19.9 Å². The van der Waals surface area contributed by atoms with Gasteiger partial charge in [0.15, 0.2) is 11.5 Å². The van der Waals surface area contributed by atoms with E-state index in [1.54, 1.807) is 21.3 Å². The van der Waals surface area contributed by atoms with Gasteiger partial charge in [0.25, 0.3) is 0 Å². The standard InChI is InChI=1S/C16H19NO3/c1-10-9-11(5-7-13(10)17)12-6-8-14(18-2)16(20-4)15(12)19-3/h5-9H,17H2,1-4H3. The Morgan fingerprint density at radius 1 is 0.850 bits per heavy atom. The molecule has 2 N–H and O–H groups in total. The van der Waals surface area contributed by atoms with Crippen LogP contribution in [0.2, 0.25) is 0 Å². The molecule has 106 valence electrons. The number of ether oxygens (including phenoxy) is 3. The van der Waals surface area contributed by atoms with Crippen molar-refractivity contribution < 1.29 is 14.2 Å². The zero-order valence-electron chi connectivity index (χ0n) is 12.2. The number of methoxy groups -OCH3 is 3. The lowest BCUT2D eigenvalue weighted by Crippen LogP contribution is -1.97. The van der Waals surface area contributed by atoms with Crippen molar-refractivity contribution >= 4 is 5.69 Å². The van der Waals surface area contributed by atoms with Crippen LogP contribution in [-0.2, 0) is 0 Å². The molecule has 0 aliphatic heterocycles. The summed E-state index contributed by atoms with van der Waals surface area (Å²) in [6.45, 7) is 1.98. The van der Waals surface area contributed by atoms with Crippen LogP contribution in [0.3, 0.4) is 0 Å². The molecule has 0 saturated carbocycles. The fraction of sp³-hybridized carbons (Fsp3) is 0.250. The van der Waals surface area contributed by atoms with Gasteiger partial charge >= 0.3 is 0 Å². The number of hydrogen-bond donors (Lipinski definition) is 1. The summed E-state index contributed by atoms with van der Waals surface area (Å²) in [7, 11) is 4.81. The Bertz CT molecular complexity index is 623. The van der Waals surface area contributed by atoms with Gasteiger partial charge in [0.1, 0.15) is 0 Å². The summed E-state index contributed by atoms with van der Waals surface area (Å²) >= 11 is 0. The molecule has 4 heteroatoms. The molecule has 0 aliphatic rings. The van der Waals surface area contributed by atoms with E-state index in [9.17, 15) is 0 Å². The van der Waals surface area contributed by atoms with Crippen LogP contribution in [0.5, 0.6) is 17.2 Å². The van der Waals surface area contributed by atoms with E-state index >= 15 is 0 Å². The van der Waals surface area contributed by atoms with Crippen LogP contribution in [0.4, 0.5) is 5.69 Å². The molecule has 0 aliphatic carbocycles. The summed E-state index contributed by atoms with van der Waals surface area (Å²) in [4.78, 5) is 0. The van der Waals surface area contributed by atoms with Crippen molar-refractivity contribution in [1.29, 1.82) is 0 Å². The normalized spacial score (nSPS) is 10.2. The van der Waals surface area contributed by atoms with Crippen LogP contribution in [0.15, 0.2) is 30.3 Å². The predicted molar refractivity (Wildman–Crippen MR) is 80.7 cm³/mol. The maximum Gasteiger partial charge on any atom is 0.203 e. The Morgan fingerprint density at radius 2 is 1.55 bits per heavy atom. The van der Waals surface area contributed by atoms with Gasteiger partial charge in [-0.05, 0) is 42.3 Å². The SMILES string of the molecule is COc1ccc(-c2ccc(N)c(C)c2)c(OC)c1OC. The highest BCUT2D eigenvalue weighted by Crippen LogP contribution is 2.44. The lowest BCUT2D eigenvalue weighted by atomic mass is 10.0. The Hall–Kier alpha value is -2.36. The van der Waals surface area contributed by atoms with E-state index in [2.05, 4.69) is 0 Å². The van der Waals surface area contributed by atoms with Gasteiger partial charge in [0, 0.05) is 11.3 Å². The molecular formula is C16H19NO3. The molecule has 0 unspecified atom stereocenters. The topological polar surface area (TPSA) is 53.7 Å². The molecule has 0 fully saturated rings. The summed E-state index contributed by atoms with van der Waals surface area (Å²) in [5.41, 5.74) is 9.62. The molecule has 2 aromatic rings. The monoisotopic (exact) mass is 273 g/mol. The number of anilines is 1. The fourth-order valence-corrected chi connectivity index (χ4v) is 2.17. The quantitative estimate of drug-likeness (QED) is 0.869. The minimum absolute atomic E-state index is 0.585. The van der Waals surface area contributed by atoms with Gasteiger partial charge in [-0.15, -0.1) is 0 Å². The van der Waals surface area contributed by atoms with Crippen molar-refractivity contribution in [3.05, 3.63) is 35.9 Å². The molecule has 0 radical (unpaired) electrons. The lowest BCUT2D eigenvalue weighted by molar-refractivity contribution is 0.325. The van der Waals surface area contributed by atoms with E-state index in [1.165, 1.54) is 0 Å². The molecule has 0 atom stereocenters. The molecule has 2 rings (SSSR count). The van der Waals surface area contributed by atoms with E-state index in [0.29, 0.717) is 17.2 Å². The number of rotatable bonds is 4. The summed E-state index contributed by atoms with van der Waals surface area (Å²) in [5.74, 6) is 1.87. The van der Waals surface area contributed by atoms with Crippen LogP contribution in [-0.4, -0.2) is 21.3 Å². The molecule has 4 nitrogen and oxygen atoms in total. The van der Waals surface area contributed by atoms with Gasteiger partial charge in [-0.2, -0.15) is 0 Å². The van der Waals surface area contributed by atoms with Crippen LogP contribution in [0, 0.1) is 6.92 Å². The minimum atomic E-state index is 0.585. The first-order valence-electron chi connectivity index (χ1n) is 6.27. The van der Waals surface area contributed by atoms with Crippen molar-refractivity contribution in [3.8, 4) is 28.4 Å². The second kappa shape index (κ2) is 5.74. The number of hydrogen-bond acceptors (Lipinski definition) is 4. The van der Waals surface area contributed by atoms with Crippen LogP contribution in [0.25, 0.3) is 11.1 Å². The average Bonchev–Trinajstić information content (AvgIpc) is 2.48. The third-order valence-corrected chi connectivity index (χ3v) is 3.28. The highest BCUT2D eigenvalue weighted by molar-refractivity contribution is 5.77. The number of benzene rings is 2. The summed E-state index contributed by atoms with van der Waals surface area (Å²) in [5, 5.41) is 0. The molecular weight excluding hydrogens is 254 g/mol. The fourth-order valence-electron chi connectivity index (χ4n) is 2.17. The zero-order chi connectivity index (χ0) is 14.7. The van der Waals surface area contributed by atoms with Crippen molar-refractivity contribution in [3.63, 3.8) is 0 Å². The molecule has 0 heterocycles. The maximum absolute atomic E-state index is 5.86. The molecule has 0 spiro atoms. The average molecular weight is 273 g/mol. The number of nitrogens with two attached hydrogens (primary N) is 1. The largest absolute Gasteiger partial charge is 0.493 e. The van der Waals surface area contributed by atoms with Crippen molar-refractivity contribution in [2.75, 3.05) is 27.1 Å². The van der Waals surface area contributed by atoms with E-state index in [1.807, 2.05) is 37.3 Å². The van der Waals surface area contributed by atoms with Crippen molar-refractivity contribution in [2.24, 2.45) is 0 Å². The Kier molecular flexibility index (Phi) is 4.03. The first-order valence-corrected chi connectivity index (χ1v) is 6.27. The minimum Gasteiger partial charge on any atom is -0.493 e. The predicted octanol–water partition coefficient (Wildman–Crippen LogP) is 3.27. The van der Waals surface area contributed by atoms with Gasteiger partial charge in [-0.3, -0.25) is 0 Å². The highest BCUT2D eigenvalue weighted by atomic mass is 16.5. The highest BCUT2D eigenvalue weighted by Gasteiger charge is 2.17. The molecule has 0 bridgehead atoms. The number of nitrogen functional groups attached to an aromatic ring is 1. The van der Waals surface area contributed by atoms with Gasteiger partial charge in [0.2, 0.25) is 5.75 Å². The third-order valence-electron chi connectivity index (χ3n) is 3.28. The van der Waals surface area contributed by atoms with Gasteiger partial charge in [0.05, 0.1) is 21.3 Å². The summed E-state index contributed by atoms with van der Waals surface area (Å²) in [6, 6.07) is 9.69. The molecule has 20 heavy (non-hydrogen) atoms. The van der Waals surface area contributed by atoms with E-state index in [4.69, 9.17) is 19.9 Å². The molecule has 2 aromatic carbocycles. The Labute approximate surface area is 119 Å². The van der Waals surface area contributed by atoms with Crippen LogP contribution in [0.1, 0.15) is 5.56 Å². The van der Waals surface area contributed by atoms with Crippen molar-refractivity contribution in [2.45, 2.75) is 6.92 Å². The lowest BCUT2D eigenvalue weighted by Gasteiger charge is -2.16. The van der Waals surface area contributed by atoms with E-state index < -0.39 is 0 Å². The Balaban J connectivity index is 2.64. The molecule has 0 saturated heterocycles. The van der Waals surface area contributed by atoms with E-state index in [-0.39, 0.29) is 0 Å². The zero-order valence-corrected chi connectivity index (χ0v) is 12.2. The van der Waals surface area contributed by atoms with Gasteiger partial charge in [-0.25, -0.2) is 0 Å². The summed E-state index contributed by atoms with van der Waals surface area (Å²) < 4.78 is 16.2. The summed E-state index contributed by atoms with van der Waals surface area (Å²) in [6.07, 6.45) is 0. The van der Waals surface area contributed by atoms with Gasteiger partial charge < -0.3 is 19.9 Å². The smallest absolute Gasteiger partial charge is 0.203 e.